The van der Waals surface area contributed by atoms with Crippen LogP contribution in [0.5, 0.6) is 0 Å². The van der Waals surface area contributed by atoms with Crippen molar-refractivity contribution in [2.75, 3.05) is 25.0 Å². The predicted octanol–water partition coefficient (Wildman–Crippen LogP) is 3.91. The van der Waals surface area contributed by atoms with Gasteiger partial charge >= 0.3 is 0 Å². The highest BCUT2D eigenvalue weighted by Gasteiger charge is 2.24. The van der Waals surface area contributed by atoms with Crippen LogP contribution >= 0.6 is 0 Å². The van der Waals surface area contributed by atoms with Gasteiger partial charge in [-0.2, -0.15) is 5.26 Å². The minimum absolute atomic E-state index is 0.0387. The van der Waals surface area contributed by atoms with Crippen LogP contribution in [0, 0.1) is 18.3 Å². The Morgan fingerprint density at radius 2 is 2.11 bits per heavy atom. The summed E-state index contributed by atoms with van der Waals surface area (Å²) < 4.78 is 4.87. The van der Waals surface area contributed by atoms with Gasteiger partial charge in [0, 0.05) is 36.9 Å². The number of amides is 2. The van der Waals surface area contributed by atoms with Crippen LogP contribution < -0.4 is 10.6 Å². The Labute approximate surface area is 210 Å². The first-order chi connectivity index (χ1) is 17.4. The van der Waals surface area contributed by atoms with E-state index in [4.69, 9.17) is 4.52 Å². The van der Waals surface area contributed by atoms with Gasteiger partial charge in [-0.15, -0.1) is 0 Å². The molecule has 2 aromatic rings. The van der Waals surface area contributed by atoms with E-state index in [9.17, 15) is 20.0 Å². The molecule has 1 aromatic heterocycles. The first-order valence-corrected chi connectivity index (χ1v) is 11.5. The molecule has 1 aliphatic rings. The van der Waals surface area contributed by atoms with Crippen molar-refractivity contribution in [3.8, 4) is 6.07 Å². The number of carbonyl (C=O) groups excluding carboxylic acids is 2. The van der Waals surface area contributed by atoms with Crippen molar-refractivity contribution in [2.24, 2.45) is 0 Å². The molecule has 0 aliphatic carbocycles. The van der Waals surface area contributed by atoms with Gasteiger partial charge < -0.3 is 20.3 Å². The molecule has 1 aliphatic heterocycles. The highest BCUT2D eigenvalue weighted by atomic mass is 16.5. The van der Waals surface area contributed by atoms with Gasteiger partial charge in [0.2, 0.25) is 0 Å². The van der Waals surface area contributed by atoms with Crippen molar-refractivity contribution in [1.82, 2.24) is 15.4 Å². The SMILES string of the molecule is C=C/C(=C\C=C/C)CN1CCC(NC(=O)c2ccc(NC(=O)/C(C#N)=C(\O)c3cnoc3C)cc2)C1. The Morgan fingerprint density at radius 3 is 2.72 bits per heavy atom. The average molecular weight is 488 g/mol. The molecule has 2 amide bonds. The number of anilines is 1. The minimum Gasteiger partial charge on any atom is -0.506 e. The Balaban J connectivity index is 1.57. The molecule has 0 bridgehead atoms. The fourth-order valence-corrected chi connectivity index (χ4v) is 3.80. The molecule has 3 N–H and O–H groups in total. The van der Waals surface area contributed by atoms with E-state index in [0.29, 0.717) is 11.3 Å². The second-order valence-electron chi connectivity index (χ2n) is 8.33. The van der Waals surface area contributed by atoms with E-state index >= 15 is 0 Å². The third-order valence-electron chi connectivity index (χ3n) is 5.77. The zero-order valence-electron chi connectivity index (χ0n) is 20.3. The minimum atomic E-state index is -0.791. The van der Waals surface area contributed by atoms with Crippen molar-refractivity contribution in [3.05, 3.63) is 89.4 Å². The predicted molar refractivity (Wildman–Crippen MR) is 137 cm³/mol. The van der Waals surface area contributed by atoms with E-state index in [1.54, 1.807) is 37.3 Å². The standard InChI is InChI=1S/C27H29N5O4/c1-4-6-7-19(5-2)16-32-13-12-22(17-32)31-26(34)20-8-10-21(11-9-20)30-27(35)23(14-28)25(33)24-15-29-36-18(24)3/h4-11,15,22,33H,2,12-13,16-17H2,1,3H3,(H,30,35)(H,31,34)/b6-4-,19-7+,25-23-. The fourth-order valence-electron chi connectivity index (χ4n) is 3.80. The number of aryl methyl sites for hydroxylation is 1. The molecule has 1 saturated heterocycles. The maximum atomic E-state index is 12.7. The monoisotopic (exact) mass is 487 g/mol. The van der Waals surface area contributed by atoms with Crippen LogP contribution in [0.25, 0.3) is 5.76 Å². The largest absolute Gasteiger partial charge is 0.506 e. The van der Waals surface area contributed by atoms with E-state index in [1.165, 1.54) is 6.20 Å². The molecular weight excluding hydrogens is 458 g/mol. The number of rotatable bonds is 9. The second-order valence-corrected chi connectivity index (χ2v) is 8.33. The summed E-state index contributed by atoms with van der Waals surface area (Å²) in [4.78, 5) is 27.5. The second kappa shape index (κ2) is 12.3. The van der Waals surface area contributed by atoms with Crippen LogP contribution in [0.1, 0.15) is 35.0 Å². The van der Waals surface area contributed by atoms with E-state index in [-0.39, 0.29) is 23.3 Å². The van der Waals surface area contributed by atoms with Gasteiger partial charge in [0.1, 0.15) is 11.8 Å². The average Bonchev–Trinajstić information content (AvgIpc) is 3.50. The lowest BCUT2D eigenvalue weighted by atomic mass is 10.1. The quantitative estimate of drug-likeness (QED) is 0.211. The normalized spacial score (nSPS) is 16.9. The summed E-state index contributed by atoms with van der Waals surface area (Å²) in [5.74, 6) is -1.24. The molecule has 9 heteroatoms. The molecule has 36 heavy (non-hydrogen) atoms. The molecule has 0 spiro atoms. The molecule has 0 radical (unpaired) electrons. The lowest BCUT2D eigenvalue weighted by Crippen LogP contribution is -2.37. The molecule has 186 valence electrons. The van der Waals surface area contributed by atoms with E-state index < -0.39 is 17.2 Å². The third kappa shape index (κ3) is 6.58. The number of aliphatic hydroxyl groups excluding tert-OH is 1. The maximum absolute atomic E-state index is 12.7. The number of nitrogens with one attached hydrogen (secondary N) is 2. The zero-order valence-corrected chi connectivity index (χ0v) is 20.3. The van der Waals surface area contributed by atoms with Crippen LogP contribution in [0.15, 0.2) is 77.0 Å². The van der Waals surface area contributed by atoms with Crippen LogP contribution in [0.3, 0.4) is 0 Å². The number of benzene rings is 1. The number of aliphatic hydroxyl groups is 1. The highest BCUT2D eigenvalue weighted by molar-refractivity contribution is 6.11. The van der Waals surface area contributed by atoms with Gasteiger partial charge in [0.05, 0.1) is 11.8 Å². The number of nitrogens with zero attached hydrogens (tertiary/aromatic N) is 3. The van der Waals surface area contributed by atoms with E-state index in [1.807, 2.05) is 31.2 Å². The van der Waals surface area contributed by atoms with Gasteiger partial charge in [-0.05, 0) is 50.1 Å². The molecule has 2 heterocycles. The molecule has 1 aromatic carbocycles. The van der Waals surface area contributed by atoms with Crippen molar-refractivity contribution in [3.63, 3.8) is 0 Å². The summed E-state index contributed by atoms with van der Waals surface area (Å²) in [6, 6.07) is 8.05. The Hall–Kier alpha value is -4.42. The van der Waals surface area contributed by atoms with Gasteiger partial charge in [0.15, 0.2) is 11.3 Å². The van der Waals surface area contributed by atoms with Gasteiger partial charge in [-0.1, -0.05) is 36.0 Å². The fraction of sp³-hybridized carbons (Fsp3) is 0.259. The Bertz CT molecular complexity index is 1250. The number of hydrogen-bond acceptors (Lipinski definition) is 7. The van der Waals surface area contributed by atoms with Crippen molar-refractivity contribution in [1.29, 1.82) is 5.26 Å². The number of likely N-dealkylation sites (tertiary alicyclic amines) is 1. The molecule has 1 atom stereocenters. The van der Waals surface area contributed by atoms with Crippen molar-refractivity contribution < 1.29 is 19.2 Å². The molecule has 0 saturated carbocycles. The summed E-state index contributed by atoms with van der Waals surface area (Å²) in [6.45, 7) is 9.79. The molecular formula is C27H29N5O4. The number of aromatic nitrogens is 1. The number of hydrogen-bond donors (Lipinski definition) is 3. The maximum Gasteiger partial charge on any atom is 0.270 e. The third-order valence-corrected chi connectivity index (χ3v) is 5.77. The lowest BCUT2D eigenvalue weighted by molar-refractivity contribution is -0.112. The van der Waals surface area contributed by atoms with Gasteiger partial charge in [0.25, 0.3) is 11.8 Å². The number of allylic oxidation sites excluding steroid dienone is 3. The molecule has 1 fully saturated rings. The summed E-state index contributed by atoms with van der Waals surface area (Å²) >= 11 is 0. The first kappa shape index (κ1) is 26.2. The van der Waals surface area contributed by atoms with Crippen LogP contribution in [-0.4, -0.2) is 52.7 Å². The Morgan fingerprint density at radius 1 is 1.36 bits per heavy atom. The van der Waals surface area contributed by atoms with Crippen LogP contribution in [0.4, 0.5) is 5.69 Å². The lowest BCUT2D eigenvalue weighted by Gasteiger charge is -2.17. The summed E-state index contributed by atoms with van der Waals surface area (Å²) in [5.41, 5.74) is 1.63. The van der Waals surface area contributed by atoms with Crippen molar-refractivity contribution >= 4 is 23.3 Å². The first-order valence-electron chi connectivity index (χ1n) is 11.5. The van der Waals surface area contributed by atoms with E-state index in [0.717, 1.165) is 31.6 Å². The number of nitriles is 1. The smallest absolute Gasteiger partial charge is 0.270 e. The topological polar surface area (TPSA) is 131 Å². The highest BCUT2D eigenvalue weighted by Crippen LogP contribution is 2.21. The number of carbonyl (C=O) groups is 2. The summed E-state index contributed by atoms with van der Waals surface area (Å²) in [7, 11) is 0. The van der Waals surface area contributed by atoms with Gasteiger partial charge in [-0.3, -0.25) is 14.5 Å². The Kier molecular flexibility index (Phi) is 8.97. The zero-order chi connectivity index (χ0) is 26.1. The summed E-state index contributed by atoms with van der Waals surface area (Å²) in [5, 5.41) is 28.8. The molecule has 1 unspecified atom stereocenters. The van der Waals surface area contributed by atoms with Gasteiger partial charge in [-0.25, -0.2) is 0 Å². The van der Waals surface area contributed by atoms with E-state index in [2.05, 4.69) is 27.3 Å². The van der Waals surface area contributed by atoms with Crippen LogP contribution in [0.2, 0.25) is 0 Å². The van der Waals surface area contributed by atoms with Crippen molar-refractivity contribution in [2.45, 2.75) is 26.3 Å². The molecule has 9 nitrogen and oxygen atoms in total. The summed E-state index contributed by atoms with van der Waals surface area (Å²) in [6.07, 6.45) is 9.91. The van der Waals surface area contributed by atoms with Crippen LogP contribution in [-0.2, 0) is 4.79 Å². The molecule has 3 rings (SSSR count).